The minimum Gasteiger partial charge on any atom is -0.349 e. The van der Waals surface area contributed by atoms with Gasteiger partial charge in [0.25, 0.3) is 0 Å². The molecule has 0 radical (unpaired) electrons. The van der Waals surface area contributed by atoms with Gasteiger partial charge in [-0.15, -0.1) is 0 Å². The summed E-state index contributed by atoms with van der Waals surface area (Å²) in [5, 5.41) is 2.79. The van der Waals surface area contributed by atoms with Gasteiger partial charge in [-0.05, 0) is 12.1 Å². The fourth-order valence-electron chi connectivity index (χ4n) is 1.69. The predicted molar refractivity (Wildman–Crippen MR) is 69.1 cm³/mol. The Morgan fingerprint density at radius 2 is 2.11 bits per heavy atom. The van der Waals surface area contributed by atoms with Gasteiger partial charge in [-0.3, -0.25) is 4.79 Å². The first-order chi connectivity index (χ1) is 8.81. The van der Waals surface area contributed by atoms with Gasteiger partial charge >= 0.3 is 0 Å². The smallest absolute Gasteiger partial charge is 0.221 e. The van der Waals surface area contributed by atoms with Gasteiger partial charge in [-0.25, -0.2) is 4.98 Å². The van der Waals surface area contributed by atoms with Gasteiger partial charge in [-0.1, -0.05) is 18.2 Å². The molecule has 5 heteroatoms. The average molecular weight is 244 g/mol. The molecule has 1 heterocycles. The van der Waals surface area contributed by atoms with Crippen molar-refractivity contribution in [1.82, 2.24) is 14.9 Å². The van der Waals surface area contributed by atoms with Gasteiger partial charge in [0.15, 0.2) is 0 Å². The largest absolute Gasteiger partial charge is 0.349 e. The Balaban J connectivity index is 2.07. The van der Waals surface area contributed by atoms with Gasteiger partial charge < -0.3 is 15.6 Å². The molecule has 1 aromatic heterocycles. The van der Waals surface area contributed by atoms with Crippen LogP contribution in [-0.4, -0.2) is 22.0 Å². The highest BCUT2D eigenvalue weighted by Gasteiger charge is 2.06. The number of hydrogen-bond acceptors (Lipinski definition) is 3. The third kappa shape index (κ3) is 2.95. The van der Waals surface area contributed by atoms with E-state index in [-0.39, 0.29) is 5.91 Å². The SMILES string of the molecule is NCCC(=O)NCc1nccn1-c1ccccc1. The minimum absolute atomic E-state index is 0.0555. The van der Waals surface area contributed by atoms with Crippen molar-refractivity contribution < 1.29 is 4.79 Å². The van der Waals surface area contributed by atoms with Crippen LogP contribution in [0, 0.1) is 0 Å². The summed E-state index contributed by atoms with van der Waals surface area (Å²) in [5.74, 6) is 0.742. The van der Waals surface area contributed by atoms with Crippen LogP contribution in [0.4, 0.5) is 0 Å². The van der Waals surface area contributed by atoms with E-state index in [4.69, 9.17) is 5.73 Å². The zero-order chi connectivity index (χ0) is 12.8. The van der Waals surface area contributed by atoms with Crippen molar-refractivity contribution in [3.8, 4) is 5.69 Å². The second kappa shape index (κ2) is 5.97. The van der Waals surface area contributed by atoms with Crippen molar-refractivity contribution in [3.05, 3.63) is 48.5 Å². The average Bonchev–Trinajstić information content (AvgIpc) is 2.86. The molecule has 0 aliphatic heterocycles. The maximum Gasteiger partial charge on any atom is 0.221 e. The van der Waals surface area contributed by atoms with Crippen LogP contribution in [0.5, 0.6) is 0 Å². The molecule has 2 rings (SSSR count). The topological polar surface area (TPSA) is 72.9 Å². The second-order valence-corrected chi connectivity index (χ2v) is 3.86. The summed E-state index contributed by atoms with van der Waals surface area (Å²) in [5.41, 5.74) is 6.34. The molecule has 1 amide bonds. The van der Waals surface area contributed by atoms with E-state index in [0.717, 1.165) is 11.5 Å². The molecule has 1 aromatic carbocycles. The highest BCUT2D eigenvalue weighted by atomic mass is 16.1. The number of benzene rings is 1. The molecule has 0 aliphatic carbocycles. The Labute approximate surface area is 106 Å². The number of nitrogens with one attached hydrogen (secondary N) is 1. The number of nitrogens with two attached hydrogens (primary N) is 1. The zero-order valence-corrected chi connectivity index (χ0v) is 10.0. The van der Waals surface area contributed by atoms with Crippen LogP contribution in [0.25, 0.3) is 5.69 Å². The minimum atomic E-state index is -0.0555. The van der Waals surface area contributed by atoms with Crippen LogP contribution in [0.2, 0.25) is 0 Å². The van der Waals surface area contributed by atoms with Crippen LogP contribution in [-0.2, 0) is 11.3 Å². The van der Waals surface area contributed by atoms with Crippen molar-refractivity contribution in [3.63, 3.8) is 0 Å². The normalized spacial score (nSPS) is 10.3. The van der Waals surface area contributed by atoms with Crippen LogP contribution < -0.4 is 11.1 Å². The van der Waals surface area contributed by atoms with E-state index in [1.54, 1.807) is 6.20 Å². The lowest BCUT2D eigenvalue weighted by Crippen LogP contribution is -2.26. The molecular weight excluding hydrogens is 228 g/mol. The van der Waals surface area contributed by atoms with E-state index in [1.165, 1.54) is 0 Å². The highest BCUT2D eigenvalue weighted by molar-refractivity contribution is 5.75. The monoisotopic (exact) mass is 244 g/mol. The number of nitrogens with zero attached hydrogens (tertiary/aromatic N) is 2. The summed E-state index contributed by atoms with van der Waals surface area (Å²) in [4.78, 5) is 15.6. The number of aromatic nitrogens is 2. The van der Waals surface area contributed by atoms with Crippen molar-refractivity contribution in [1.29, 1.82) is 0 Å². The second-order valence-electron chi connectivity index (χ2n) is 3.86. The summed E-state index contributed by atoms with van der Waals surface area (Å²) in [6.07, 6.45) is 3.93. The molecule has 0 spiro atoms. The number of rotatable bonds is 5. The summed E-state index contributed by atoms with van der Waals surface area (Å²) < 4.78 is 1.95. The molecule has 0 saturated heterocycles. The van der Waals surface area contributed by atoms with Crippen LogP contribution in [0.15, 0.2) is 42.7 Å². The van der Waals surface area contributed by atoms with E-state index < -0.39 is 0 Å². The fraction of sp³-hybridized carbons (Fsp3) is 0.231. The molecule has 0 aliphatic rings. The molecule has 18 heavy (non-hydrogen) atoms. The maximum atomic E-state index is 11.4. The van der Waals surface area contributed by atoms with Crippen molar-refractivity contribution in [2.24, 2.45) is 5.73 Å². The molecule has 0 atom stereocenters. The lowest BCUT2D eigenvalue weighted by Gasteiger charge is -2.08. The molecule has 2 aromatic rings. The fourth-order valence-corrected chi connectivity index (χ4v) is 1.69. The third-order valence-corrected chi connectivity index (χ3v) is 2.57. The zero-order valence-electron chi connectivity index (χ0n) is 10.0. The summed E-state index contributed by atoms with van der Waals surface area (Å²) in [7, 11) is 0. The highest BCUT2D eigenvalue weighted by Crippen LogP contribution is 2.09. The lowest BCUT2D eigenvalue weighted by atomic mass is 10.3. The van der Waals surface area contributed by atoms with Gasteiger partial charge in [0.1, 0.15) is 5.82 Å². The molecule has 5 nitrogen and oxygen atoms in total. The number of para-hydroxylation sites is 1. The first kappa shape index (κ1) is 12.3. The summed E-state index contributed by atoms with van der Waals surface area (Å²) >= 11 is 0. The summed E-state index contributed by atoms with van der Waals surface area (Å²) in [6, 6.07) is 9.88. The molecule has 0 fully saturated rings. The van der Waals surface area contributed by atoms with Crippen LogP contribution in [0.1, 0.15) is 12.2 Å². The number of amides is 1. The van der Waals surface area contributed by atoms with Crippen molar-refractivity contribution >= 4 is 5.91 Å². The Morgan fingerprint density at radius 1 is 1.33 bits per heavy atom. The third-order valence-electron chi connectivity index (χ3n) is 2.57. The Bertz CT molecular complexity index is 507. The molecule has 0 unspecified atom stereocenters. The number of carbonyl (C=O) groups is 1. The molecule has 0 bridgehead atoms. The quantitative estimate of drug-likeness (QED) is 0.818. The van der Waals surface area contributed by atoms with E-state index in [2.05, 4.69) is 10.3 Å². The van der Waals surface area contributed by atoms with E-state index in [9.17, 15) is 4.79 Å². The van der Waals surface area contributed by atoms with Gasteiger partial charge in [0, 0.05) is 31.0 Å². The number of imidazole rings is 1. The molecule has 94 valence electrons. The molecule has 3 N–H and O–H groups in total. The van der Waals surface area contributed by atoms with Gasteiger partial charge in [0.2, 0.25) is 5.91 Å². The standard InChI is InChI=1S/C13H16N4O/c14-7-6-13(18)16-10-12-15-8-9-17(12)11-4-2-1-3-5-11/h1-5,8-9H,6-7,10,14H2,(H,16,18). The van der Waals surface area contributed by atoms with Crippen LogP contribution >= 0.6 is 0 Å². The van der Waals surface area contributed by atoms with E-state index >= 15 is 0 Å². The van der Waals surface area contributed by atoms with E-state index in [0.29, 0.717) is 19.5 Å². The lowest BCUT2D eigenvalue weighted by molar-refractivity contribution is -0.121. The molecule has 0 saturated carbocycles. The predicted octanol–water partition coefficient (Wildman–Crippen LogP) is 0.837. The number of hydrogen-bond donors (Lipinski definition) is 2. The van der Waals surface area contributed by atoms with Gasteiger partial charge in [0.05, 0.1) is 6.54 Å². The Kier molecular flexibility index (Phi) is 4.09. The first-order valence-electron chi connectivity index (χ1n) is 5.85. The van der Waals surface area contributed by atoms with E-state index in [1.807, 2.05) is 41.1 Å². The first-order valence-corrected chi connectivity index (χ1v) is 5.85. The Morgan fingerprint density at radius 3 is 2.83 bits per heavy atom. The molecular formula is C13H16N4O. The van der Waals surface area contributed by atoms with Gasteiger partial charge in [-0.2, -0.15) is 0 Å². The van der Waals surface area contributed by atoms with Crippen molar-refractivity contribution in [2.75, 3.05) is 6.54 Å². The van der Waals surface area contributed by atoms with Crippen molar-refractivity contribution in [2.45, 2.75) is 13.0 Å². The van der Waals surface area contributed by atoms with Crippen LogP contribution in [0.3, 0.4) is 0 Å². The summed E-state index contributed by atoms with van der Waals surface area (Å²) in [6.45, 7) is 0.764. The number of carbonyl (C=O) groups excluding carboxylic acids is 1. The maximum absolute atomic E-state index is 11.4. The Hall–Kier alpha value is -2.14.